The molecule has 0 unspecified atom stereocenters. The van der Waals surface area contributed by atoms with Crippen molar-refractivity contribution in [3.8, 4) is 5.75 Å². The molecule has 23 heavy (non-hydrogen) atoms. The largest absolute Gasteiger partial charge is 0.493 e. The first-order valence-corrected chi connectivity index (χ1v) is 8.28. The quantitative estimate of drug-likeness (QED) is 0.483. The molecule has 4 nitrogen and oxygen atoms in total. The van der Waals surface area contributed by atoms with E-state index in [0.717, 1.165) is 0 Å². The molecule has 0 saturated carbocycles. The summed E-state index contributed by atoms with van der Waals surface area (Å²) < 4.78 is 10.5. The number of ether oxygens (including phenoxy) is 2. The Morgan fingerprint density at radius 2 is 1.87 bits per heavy atom. The molecule has 0 saturated heterocycles. The van der Waals surface area contributed by atoms with Crippen molar-refractivity contribution in [2.75, 3.05) is 13.2 Å². The Labute approximate surface area is 143 Å². The van der Waals surface area contributed by atoms with Gasteiger partial charge in [-0.25, -0.2) is 0 Å². The molecule has 0 atom stereocenters. The number of Topliss-reactive ketones (excluding diaryl/α,β-unsaturated/α-hetero) is 1. The van der Waals surface area contributed by atoms with E-state index in [1.165, 1.54) is 0 Å². The average molecular weight is 341 g/mol. The maximum atomic E-state index is 12.5. The second-order valence-electron chi connectivity index (χ2n) is 6.14. The Morgan fingerprint density at radius 3 is 2.48 bits per heavy atom. The van der Waals surface area contributed by atoms with Crippen molar-refractivity contribution in [1.82, 2.24) is 0 Å². The zero-order valence-corrected chi connectivity index (χ0v) is 15.0. The second kappa shape index (κ2) is 8.92. The van der Waals surface area contributed by atoms with Crippen LogP contribution in [0.25, 0.3) is 0 Å². The van der Waals surface area contributed by atoms with Gasteiger partial charge < -0.3 is 9.47 Å². The van der Waals surface area contributed by atoms with Crippen LogP contribution in [-0.4, -0.2) is 25.0 Å². The molecule has 0 aliphatic heterocycles. The van der Waals surface area contributed by atoms with E-state index in [-0.39, 0.29) is 17.2 Å². The van der Waals surface area contributed by atoms with E-state index < -0.39 is 0 Å². The van der Waals surface area contributed by atoms with Crippen LogP contribution >= 0.6 is 11.6 Å². The van der Waals surface area contributed by atoms with Gasteiger partial charge >= 0.3 is 5.97 Å². The Morgan fingerprint density at radius 1 is 1.17 bits per heavy atom. The summed E-state index contributed by atoms with van der Waals surface area (Å²) in [7, 11) is 0. The molecule has 0 spiro atoms. The van der Waals surface area contributed by atoms with E-state index in [4.69, 9.17) is 21.1 Å². The third kappa shape index (κ3) is 6.61. The highest BCUT2D eigenvalue weighted by atomic mass is 35.5. The number of hydrogen-bond donors (Lipinski definition) is 0. The van der Waals surface area contributed by atoms with Gasteiger partial charge in [0, 0.05) is 11.4 Å². The van der Waals surface area contributed by atoms with Gasteiger partial charge in [0.05, 0.1) is 25.2 Å². The van der Waals surface area contributed by atoms with E-state index in [0.29, 0.717) is 48.8 Å². The molecule has 0 N–H and O–H groups in total. The van der Waals surface area contributed by atoms with Crippen LogP contribution in [0.15, 0.2) is 18.2 Å². The lowest BCUT2D eigenvalue weighted by Crippen LogP contribution is -2.20. The molecule has 1 aromatic carbocycles. The van der Waals surface area contributed by atoms with Crippen LogP contribution in [0.3, 0.4) is 0 Å². The minimum atomic E-state index is -0.299. The standard InChI is InChI=1S/C18H25ClO4/c1-5-22-16-8-7-13(19)11-14(16)15(20)9-10-18(3,4)12-17(21)23-6-2/h7-8,11H,5-6,9-10,12H2,1-4H3. The molecular formula is C18H25ClO4. The Bertz CT molecular complexity index is 552. The minimum Gasteiger partial charge on any atom is -0.493 e. The van der Waals surface area contributed by atoms with Gasteiger partial charge in [0.15, 0.2) is 5.78 Å². The average Bonchev–Trinajstić information content (AvgIpc) is 2.46. The number of halogens is 1. The van der Waals surface area contributed by atoms with E-state index in [1.54, 1.807) is 25.1 Å². The molecule has 0 amide bonds. The molecule has 0 bridgehead atoms. The van der Waals surface area contributed by atoms with E-state index in [2.05, 4.69) is 0 Å². The second-order valence-corrected chi connectivity index (χ2v) is 6.58. The van der Waals surface area contributed by atoms with Gasteiger partial charge in [0.1, 0.15) is 5.75 Å². The first-order chi connectivity index (χ1) is 10.8. The number of esters is 1. The lowest BCUT2D eigenvalue weighted by Gasteiger charge is -2.23. The number of carbonyl (C=O) groups excluding carboxylic acids is 2. The molecule has 0 aromatic heterocycles. The van der Waals surface area contributed by atoms with Crippen molar-refractivity contribution >= 4 is 23.4 Å². The molecule has 128 valence electrons. The van der Waals surface area contributed by atoms with Gasteiger partial charge in [-0.15, -0.1) is 0 Å². The maximum absolute atomic E-state index is 12.5. The SMILES string of the molecule is CCOC(=O)CC(C)(C)CCC(=O)c1cc(Cl)ccc1OCC. The van der Waals surface area contributed by atoms with Crippen molar-refractivity contribution in [3.05, 3.63) is 28.8 Å². The molecule has 1 rings (SSSR count). The van der Waals surface area contributed by atoms with Gasteiger partial charge in [0.2, 0.25) is 0 Å². The molecule has 0 heterocycles. The lowest BCUT2D eigenvalue weighted by atomic mass is 9.83. The van der Waals surface area contributed by atoms with Crippen molar-refractivity contribution in [2.45, 2.75) is 47.0 Å². The summed E-state index contributed by atoms with van der Waals surface area (Å²) in [5.74, 6) is 0.278. The zero-order chi connectivity index (χ0) is 17.5. The topological polar surface area (TPSA) is 52.6 Å². The number of carbonyl (C=O) groups is 2. The summed E-state index contributed by atoms with van der Waals surface area (Å²) in [5.41, 5.74) is 0.193. The Kier molecular flexibility index (Phi) is 7.56. The fraction of sp³-hybridized carbons (Fsp3) is 0.556. The summed E-state index contributed by atoms with van der Waals surface area (Å²) in [6.45, 7) is 8.41. The fourth-order valence-corrected chi connectivity index (χ4v) is 2.45. The third-order valence-corrected chi connectivity index (χ3v) is 3.73. The molecule has 0 radical (unpaired) electrons. The summed E-state index contributed by atoms with van der Waals surface area (Å²) in [6, 6.07) is 5.05. The first-order valence-electron chi connectivity index (χ1n) is 7.90. The van der Waals surface area contributed by atoms with Crippen LogP contribution in [0.4, 0.5) is 0 Å². The maximum Gasteiger partial charge on any atom is 0.306 e. The lowest BCUT2D eigenvalue weighted by molar-refractivity contribution is -0.145. The number of rotatable bonds is 9. The third-order valence-electron chi connectivity index (χ3n) is 3.50. The molecule has 5 heteroatoms. The van der Waals surface area contributed by atoms with Crippen molar-refractivity contribution < 1.29 is 19.1 Å². The predicted molar refractivity (Wildman–Crippen MR) is 91.2 cm³/mol. The highest BCUT2D eigenvalue weighted by molar-refractivity contribution is 6.31. The van der Waals surface area contributed by atoms with Crippen LogP contribution in [0.2, 0.25) is 5.02 Å². The highest BCUT2D eigenvalue weighted by Crippen LogP contribution is 2.30. The highest BCUT2D eigenvalue weighted by Gasteiger charge is 2.25. The Hall–Kier alpha value is -1.55. The predicted octanol–water partition coefficient (Wildman–Crippen LogP) is 4.68. The van der Waals surface area contributed by atoms with Crippen LogP contribution in [0.1, 0.15) is 57.3 Å². The van der Waals surface area contributed by atoms with E-state index in [9.17, 15) is 9.59 Å². The molecule has 1 aromatic rings. The van der Waals surface area contributed by atoms with E-state index in [1.807, 2.05) is 20.8 Å². The first kappa shape index (κ1) is 19.5. The van der Waals surface area contributed by atoms with Gasteiger partial charge in [0.25, 0.3) is 0 Å². The number of benzene rings is 1. The monoisotopic (exact) mass is 340 g/mol. The number of hydrogen-bond acceptors (Lipinski definition) is 4. The normalized spacial score (nSPS) is 11.2. The molecule has 0 fully saturated rings. The van der Waals surface area contributed by atoms with Gasteiger partial charge in [-0.1, -0.05) is 25.4 Å². The van der Waals surface area contributed by atoms with Crippen LogP contribution in [0.5, 0.6) is 5.75 Å². The smallest absolute Gasteiger partial charge is 0.306 e. The van der Waals surface area contributed by atoms with Gasteiger partial charge in [-0.2, -0.15) is 0 Å². The summed E-state index contributed by atoms with van der Waals surface area (Å²) in [6.07, 6.45) is 1.21. The van der Waals surface area contributed by atoms with Gasteiger partial charge in [-0.3, -0.25) is 9.59 Å². The van der Waals surface area contributed by atoms with Crippen molar-refractivity contribution in [2.24, 2.45) is 5.41 Å². The zero-order valence-electron chi connectivity index (χ0n) is 14.3. The molecule has 0 aliphatic rings. The Balaban J connectivity index is 2.72. The summed E-state index contributed by atoms with van der Waals surface area (Å²) in [4.78, 5) is 24.1. The summed E-state index contributed by atoms with van der Waals surface area (Å²) >= 11 is 5.99. The van der Waals surface area contributed by atoms with Crippen molar-refractivity contribution in [1.29, 1.82) is 0 Å². The van der Waals surface area contributed by atoms with Gasteiger partial charge in [-0.05, 0) is 43.9 Å². The van der Waals surface area contributed by atoms with Crippen LogP contribution < -0.4 is 4.74 Å². The van der Waals surface area contributed by atoms with Crippen molar-refractivity contribution in [3.63, 3.8) is 0 Å². The molecule has 0 aliphatic carbocycles. The van der Waals surface area contributed by atoms with E-state index >= 15 is 0 Å². The summed E-state index contributed by atoms with van der Waals surface area (Å²) in [5, 5.41) is 0.502. The fourth-order valence-electron chi connectivity index (χ4n) is 2.28. The molecular weight excluding hydrogens is 316 g/mol. The minimum absolute atomic E-state index is 0.0344. The van der Waals surface area contributed by atoms with Crippen LogP contribution in [0, 0.1) is 5.41 Å². The van der Waals surface area contributed by atoms with Crippen LogP contribution in [-0.2, 0) is 9.53 Å². The number of ketones is 1.